The minimum atomic E-state index is -0.434. The highest BCUT2D eigenvalue weighted by Crippen LogP contribution is 2.44. The number of carbonyl (C=O) groups is 2. The van der Waals surface area contributed by atoms with Crippen LogP contribution in [-0.2, 0) is 16.0 Å². The highest BCUT2D eigenvalue weighted by atomic mass is 35.5. The number of nitrogens with one attached hydrogen (secondary N) is 1. The first-order chi connectivity index (χ1) is 14.1. The van der Waals surface area contributed by atoms with Gasteiger partial charge < -0.3 is 30.2 Å². The standard InChI is InChI=1S/C22H32ClN3O4/c1-13(27)6-5-8-26-9-7-17(18(12-26)29-4)25-21(28)14-10-16(23)19(24)15-11-22(2,3)30-20(14)15/h10,17-18H,5-9,11-12,24H2,1-4H3,(H,25,28). The number of rotatable bonds is 7. The number of carbonyl (C=O) groups excluding carboxylic acids is 2. The van der Waals surface area contributed by atoms with Crippen LogP contribution >= 0.6 is 11.6 Å². The minimum Gasteiger partial charge on any atom is -0.486 e. The van der Waals surface area contributed by atoms with Gasteiger partial charge in [-0.25, -0.2) is 0 Å². The van der Waals surface area contributed by atoms with Gasteiger partial charge in [0.15, 0.2) is 0 Å². The number of anilines is 1. The van der Waals surface area contributed by atoms with Gasteiger partial charge in [0.2, 0.25) is 0 Å². The van der Waals surface area contributed by atoms with Crippen LogP contribution in [0.1, 0.15) is 56.0 Å². The molecule has 2 aliphatic heterocycles. The Morgan fingerprint density at radius 2 is 2.17 bits per heavy atom. The predicted molar refractivity (Wildman–Crippen MR) is 117 cm³/mol. The molecule has 166 valence electrons. The molecule has 7 nitrogen and oxygen atoms in total. The molecule has 1 fully saturated rings. The van der Waals surface area contributed by atoms with Gasteiger partial charge in [-0.3, -0.25) is 4.79 Å². The number of methoxy groups -OCH3 is 1. The monoisotopic (exact) mass is 437 g/mol. The van der Waals surface area contributed by atoms with Gasteiger partial charge in [-0.05, 0) is 46.2 Å². The third kappa shape index (κ3) is 5.07. The lowest BCUT2D eigenvalue weighted by Gasteiger charge is -2.38. The van der Waals surface area contributed by atoms with Gasteiger partial charge in [0, 0.05) is 38.6 Å². The summed E-state index contributed by atoms with van der Waals surface area (Å²) in [6.07, 6.45) is 2.67. The third-order valence-corrected chi connectivity index (χ3v) is 6.18. The Labute approximate surface area is 183 Å². The number of likely N-dealkylation sites (tertiary alicyclic amines) is 1. The molecule has 30 heavy (non-hydrogen) atoms. The zero-order valence-electron chi connectivity index (χ0n) is 18.2. The highest BCUT2D eigenvalue weighted by Gasteiger charge is 2.37. The van der Waals surface area contributed by atoms with Gasteiger partial charge >= 0.3 is 0 Å². The van der Waals surface area contributed by atoms with Crippen molar-refractivity contribution in [3.63, 3.8) is 0 Å². The van der Waals surface area contributed by atoms with Crippen LogP contribution in [0.15, 0.2) is 6.07 Å². The summed E-state index contributed by atoms with van der Waals surface area (Å²) in [6.45, 7) is 7.95. The molecule has 0 saturated carbocycles. The lowest BCUT2D eigenvalue weighted by atomic mass is 9.97. The number of hydrogen-bond acceptors (Lipinski definition) is 6. The number of amides is 1. The number of benzene rings is 1. The maximum absolute atomic E-state index is 13.1. The van der Waals surface area contributed by atoms with Crippen LogP contribution in [-0.4, -0.2) is 61.1 Å². The van der Waals surface area contributed by atoms with E-state index in [0.29, 0.717) is 41.4 Å². The molecule has 1 amide bonds. The van der Waals surface area contributed by atoms with Crippen molar-refractivity contribution in [1.29, 1.82) is 0 Å². The number of hydrogen-bond donors (Lipinski definition) is 2. The Balaban J connectivity index is 1.69. The smallest absolute Gasteiger partial charge is 0.255 e. The summed E-state index contributed by atoms with van der Waals surface area (Å²) in [6, 6.07) is 1.47. The highest BCUT2D eigenvalue weighted by molar-refractivity contribution is 6.33. The molecule has 3 rings (SSSR count). The fourth-order valence-electron chi connectivity index (χ4n) is 4.28. The number of nitrogen functional groups attached to an aromatic ring is 1. The van der Waals surface area contributed by atoms with E-state index in [0.717, 1.165) is 31.5 Å². The van der Waals surface area contributed by atoms with Crippen LogP contribution in [0, 0.1) is 0 Å². The van der Waals surface area contributed by atoms with Gasteiger partial charge in [-0.1, -0.05) is 11.6 Å². The number of ketones is 1. The molecular formula is C22H32ClN3O4. The number of Topliss-reactive ketones (excluding diaryl/α,β-unsaturated/α-hetero) is 1. The number of nitrogens with two attached hydrogens (primary N) is 1. The Morgan fingerprint density at radius 3 is 2.83 bits per heavy atom. The van der Waals surface area contributed by atoms with E-state index in [9.17, 15) is 9.59 Å². The van der Waals surface area contributed by atoms with Crippen molar-refractivity contribution in [2.45, 2.75) is 64.2 Å². The number of fused-ring (bicyclic) bond motifs is 1. The fraction of sp³-hybridized carbons (Fsp3) is 0.636. The van der Waals surface area contributed by atoms with E-state index < -0.39 is 5.60 Å². The summed E-state index contributed by atoms with van der Waals surface area (Å²) >= 11 is 6.31. The number of piperidine rings is 1. The molecule has 0 bridgehead atoms. The fourth-order valence-corrected chi connectivity index (χ4v) is 4.51. The molecule has 1 saturated heterocycles. The SMILES string of the molecule is COC1CN(CCCC(C)=O)CCC1NC(=O)c1cc(Cl)c(N)c2c1OC(C)(C)C2. The molecule has 8 heteroatoms. The molecule has 0 radical (unpaired) electrons. The van der Waals surface area contributed by atoms with Crippen molar-refractivity contribution in [1.82, 2.24) is 10.2 Å². The average Bonchev–Trinajstić information content (AvgIpc) is 3.00. The topological polar surface area (TPSA) is 93.9 Å². The van der Waals surface area contributed by atoms with Crippen LogP contribution in [0.25, 0.3) is 0 Å². The van der Waals surface area contributed by atoms with Crippen molar-refractivity contribution < 1.29 is 19.1 Å². The normalized spacial score (nSPS) is 23.0. The first-order valence-electron chi connectivity index (χ1n) is 10.5. The Hall–Kier alpha value is -1.83. The predicted octanol–water partition coefficient (Wildman–Crippen LogP) is 2.82. The summed E-state index contributed by atoms with van der Waals surface area (Å²) < 4.78 is 11.7. The first kappa shape index (κ1) is 22.8. The van der Waals surface area contributed by atoms with E-state index in [-0.39, 0.29) is 23.8 Å². The van der Waals surface area contributed by atoms with Gasteiger partial charge in [-0.2, -0.15) is 0 Å². The first-order valence-corrected chi connectivity index (χ1v) is 10.8. The van der Waals surface area contributed by atoms with Crippen molar-refractivity contribution in [2.24, 2.45) is 0 Å². The zero-order valence-corrected chi connectivity index (χ0v) is 19.0. The Bertz CT molecular complexity index is 827. The van der Waals surface area contributed by atoms with E-state index in [1.54, 1.807) is 20.1 Å². The maximum atomic E-state index is 13.1. The Morgan fingerprint density at radius 1 is 1.43 bits per heavy atom. The molecule has 0 spiro atoms. The summed E-state index contributed by atoms with van der Waals surface area (Å²) in [7, 11) is 1.66. The molecule has 1 aromatic rings. The summed E-state index contributed by atoms with van der Waals surface area (Å²) in [5, 5.41) is 3.48. The largest absolute Gasteiger partial charge is 0.486 e. The minimum absolute atomic E-state index is 0.118. The lowest BCUT2D eigenvalue weighted by Crippen LogP contribution is -2.55. The quantitative estimate of drug-likeness (QED) is 0.637. The summed E-state index contributed by atoms with van der Waals surface area (Å²) in [4.78, 5) is 26.6. The maximum Gasteiger partial charge on any atom is 0.255 e. The van der Waals surface area contributed by atoms with Crippen LogP contribution in [0.4, 0.5) is 5.69 Å². The van der Waals surface area contributed by atoms with Crippen molar-refractivity contribution in [2.75, 3.05) is 32.5 Å². The van der Waals surface area contributed by atoms with Crippen LogP contribution in [0.3, 0.4) is 0 Å². The molecule has 2 heterocycles. The summed E-state index contributed by atoms with van der Waals surface area (Å²) in [5.41, 5.74) is 7.38. The molecule has 1 aromatic carbocycles. The molecule has 2 unspecified atom stereocenters. The van der Waals surface area contributed by atoms with E-state index in [1.807, 2.05) is 13.8 Å². The molecule has 3 N–H and O–H groups in total. The van der Waals surface area contributed by atoms with E-state index in [2.05, 4.69) is 10.2 Å². The average molecular weight is 438 g/mol. The number of nitrogens with zero attached hydrogens (tertiary/aromatic N) is 1. The van der Waals surface area contributed by atoms with E-state index in [1.165, 1.54) is 0 Å². The molecule has 2 aliphatic rings. The van der Waals surface area contributed by atoms with Crippen LogP contribution < -0.4 is 15.8 Å². The van der Waals surface area contributed by atoms with Crippen LogP contribution in [0.2, 0.25) is 5.02 Å². The summed E-state index contributed by atoms with van der Waals surface area (Å²) in [5.74, 6) is 0.499. The number of halogens is 1. The van der Waals surface area contributed by atoms with E-state index in [4.69, 9.17) is 26.8 Å². The molecular weight excluding hydrogens is 406 g/mol. The number of ether oxygens (including phenoxy) is 2. The second-order valence-electron chi connectivity index (χ2n) is 8.91. The zero-order chi connectivity index (χ0) is 22.1. The van der Waals surface area contributed by atoms with Gasteiger partial charge in [0.05, 0.1) is 28.4 Å². The lowest BCUT2D eigenvalue weighted by molar-refractivity contribution is -0.117. The molecule has 0 aliphatic carbocycles. The third-order valence-electron chi connectivity index (χ3n) is 5.86. The van der Waals surface area contributed by atoms with Crippen LogP contribution in [0.5, 0.6) is 5.75 Å². The Kier molecular flexibility index (Phi) is 6.95. The van der Waals surface area contributed by atoms with Gasteiger partial charge in [-0.15, -0.1) is 0 Å². The second kappa shape index (κ2) is 9.12. The van der Waals surface area contributed by atoms with E-state index >= 15 is 0 Å². The van der Waals surface area contributed by atoms with Gasteiger partial charge in [0.25, 0.3) is 5.91 Å². The van der Waals surface area contributed by atoms with Crippen molar-refractivity contribution >= 4 is 29.0 Å². The second-order valence-corrected chi connectivity index (χ2v) is 9.32. The van der Waals surface area contributed by atoms with Gasteiger partial charge in [0.1, 0.15) is 17.1 Å². The molecule has 0 aromatic heterocycles. The van der Waals surface area contributed by atoms with Crippen molar-refractivity contribution in [3.05, 3.63) is 22.2 Å². The molecule has 2 atom stereocenters. The van der Waals surface area contributed by atoms with Crippen molar-refractivity contribution in [3.8, 4) is 5.75 Å².